The standard InChI is InChI=1S/C17H25N3O2/c1-17(2,3)14-5-4-8-20(9-6-14)11-15-18-16(19-22-15)13-7-10-21-12-13/h7,10,12,14H,4-6,8-9,11H2,1-3H3. The summed E-state index contributed by atoms with van der Waals surface area (Å²) in [5.41, 5.74) is 1.26. The van der Waals surface area contributed by atoms with E-state index in [1.807, 2.05) is 6.07 Å². The van der Waals surface area contributed by atoms with Gasteiger partial charge in [-0.15, -0.1) is 0 Å². The van der Waals surface area contributed by atoms with Crippen LogP contribution >= 0.6 is 0 Å². The normalized spacial score (nSPS) is 21.0. The van der Waals surface area contributed by atoms with Crippen LogP contribution in [0, 0.1) is 11.3 Å². The molecular formula is C17H25N3O2. The zero-order chi connectivity index (χ0) is 15.6. The highest BCUT2D eigenvalue weighted by Crippen LogP contribution is 2.34. The van der Waals surface area contributed by atoms with Gasteiger partial charge in [0.2, 0.25) is 11.7 Å². The van der Waals surface area contributed by atoms with Gasteiger partial charge in [-0.1, -0.05) is 25.9 Å². The minimum Gasteiger partial charge on any atom is -0.472 e. The Bertz CT molecular complexity index is 583. The van der Waals surface area contributed by atoms with Gasteiger partial charge in [-0.05, 0) is 49.8 Å². The third-order valence-electron chi connectivity index (χ3n) is 4.65. The molecular weight excluding hydrogens is 278 g/mol. The molecule has 0 saturated carbocycles. The van der Waals surface area contributed by atoms with Gasteiger partial charge in [-0.2, -0.15) is 4.98 Å². The van der Waals surface area contributed by atoms with Gasteiger partial charge in [-0.3, -0.25) is 4.90 Å². The van der Waals surface area contributed by atoms with Crippen LogP contribution in [0.15, 0.2) is 27.5 Å². The summed E-state index contributed by atoms with van der Waals surface area (Å²) in [7, 11) is 0. The highest BCUT2D eigenvalue weighted by atomic mass is 16.5. The Morgan fingerprint density at radius 1 is 1.27 bits per heavy atom. The maximum Gasteiger partial charge on any atom is 0.241 e. The van der Waals surface area contributed by atoms with Crippen LogP contribution in [0.1, 0.15) is 45.9 Å². The second kappa shape index (κ2) is 6.24. The van der Waals surface area contributed by atoms with E-state index in [-0.39, 0.29) is 0 Å². The summed E-state index contributed by atoms with van der Waals surface area (Å²) in [6, 6.07) is 1.84. The second-order valence-electron chi connectivity index (χ2n) is 7.29. The molecule has 120 valence electrons. The summed E-state index contributed by atoms with van der Waals surface area (Å²) in [6.45, 7) is 10.00. The molecule has 5 nitrogen and oxygen atoms in total. The third-order valence-corrected chi connectivity index (χ3v) is 4.65. The summed E-state index contributed by atoms with van der Waals surface area (Å²) >= 11 is 0. The lowest BCUT2D eigenvalue weighted by molar-refractivity contribution is 0.198. The predicted molar refractivity (Wildman–Crippen MR) is 84.1 cm³/mol. The van der Waals surface area contributed by atoms with Crippen molar-refractivity contribution in [3.8, 4) is 11.4 Å². The molecule has 22 heavy (non-hydrogen) atoms. The molecule has 0 aromatic carbocycles. The first-order valence-corrected chi connectivity index (χ1v) is 8.10. The van der Waals surface area contributed by atoms with Crippen molar-refractivity contribution >= 4 is 0 Å². The van der Waals surface area contributed by atoms with Gasteiger partial charge >= 0.3 is 0 Å². The molecule has 3 heterocycles. The zero-order valence-corrected chi connectivity index (χ0v) is 13.7. The number of rotatable bonds is 3. The Morgan fingerprint density at radius 3 is 2.86 bits per heavy atom. The highest BCUT2D eigenvalue weighted by molar-refractivity contribution is 5.51. The number of likely N-dealkylation sites (tertiary alicyclic amines) is 1. The number of aromatic nitrogens is 2. The fourth-order valence-electron chi connectivity index (χ4n) is 3.20. The smallest absolute Gasteiger partial charge is 0.241 e. The van der Waals surface area contributed by atoms with Gasteiger partial charge in [0.1, 0.15) is 6.26 Å². The number of nitrogens with zero attached hydrogens (tertiary/aromatic N) is 3. The van der Waals surface area contributed by atoms with Gasteiger partial charge in [0.05, 0.1) is 18.4 Å². The molecule has 1 unspecified atom stereocenters. The molecule has 0 aliphatic carbocycles. The Kier molecular flexibility index (Phi) is 4.34. The Balaban J connectivity index is 1.60. The van der Waals surface area contributed by atoms with Gasteiger partial charge < -0.3 is 8.94 Å². The van der Waals surface area contributed by atoms with Gasteiger partial charge in [0.25, 0.3) is 0 Å². The number of hydrogen-bond donors (Lipinski definition) is 0. The van der Waals surface area contributed by atoms with Crippen LogP contribution < -0.4 is 0 Å². The van der Waals surface area contributed by atoms with Crippen molar-refractivity contribution in [2.24, 2.45) is 11.3 Å². The van der Waals surface area contributed by atoms with Crippen molar-refractivity contribution < 1.29 is 8.94 Å². The van der Waals surface area contributed by atoms with E-state index in [0.29, 0.717) is 17.1 Å². The van der Waals surface area contributed by atoms with Crippen LogP contribution in [-0.4, -0.2) is 28.1 Å². The lowest BCUT2D eigenvalue weighted by Crippen LogP contribution is -2.26. The maximum absolute atomic E-state index is 5.38. The summed E-state index contributed by atoms with van der Waals surface area (Å²) < 4.78 is 10.4. The zero-order valence-electron chi connectivity index (χ0n) is 13.7. The molecule has 0 amide bonds. The Hall–Kier alpha value is -1.62. The molecule has 1 fully saturated rings. The molecule has 0 bridgehead atoms. The molecule has 1 saturated heterocycles. The van der Waals surface area contributed by atoms with E-state index < -0.39 is 0 Å². The van der Waals surface area contributed by atoms with E-state index in [4.69, 9.17) is 8.94 Å². The quantitative estimate of drug-likeness (QED) is 0.858. The molecule has 1 aliphatic rings. The van der Waals surface area contributed by atoms with Crippen LogP contribution in [0.5, 0.6) is 0 Å². The topological polar surface area (TPSA) is 55.3 Å². The van der Waals surface area contributed by atoms with Gasteiger partial charge in [0.15, 0.2) is 0 Å². The van der Waals surface area contributed by atoms with E-state index in [0.717, 1.165) is 31.1 Å². The molecule has 2 aromatic heterocycles. The first-order valence-electron chi connectivity index (χ1n) is 8.10. The van der Waals surface area contributed by atoms with E-state index in [1.54, 1.807) is 12.5 Å². The Morgan fingerprint density at radius 2 is 2.14 bits per heavy atom. The number of hydrogen-bond acceptors (Lipinski definition) is 5. The predicted octanol–water partition coefficient (Wildman–Crippen LogP) is 3.98. The van der Waals surface area contributed by atoms with Gasteiger partial charge in [0, 0.05) is 0 Å². The van der Waals surface area contributed by atoms with Crippen LogP contribution in [0.25, 0.3) is 11.4 Å². The van der Waals surface area contributed by atoms with Crippen molar-refractivity contribution in [2.45, 2.75) is 46.6 Å². The monoisotopic (exact) mass is 303 g/mol. The van der Waals surface area contributed by atoms with Crippen LogP contribution in [0.2, 0.25) is 0 Å². The summed E-state index contributed by atoms with van der Waals surface area (Å²) in [6.07, 6.45) is 7.04. The fourth-order valence-corrected chi connectivity index (χ4v) is 3.20. The molecule has 0 spiro atoms. The van der Waals surface area contributed by atoms with E-state index in [2.05, 4.69) is 35.8 Å². The van der Waals surface area contributed by atoms with Crippen LogP contribution in [0.4, 0.5) is 0 Å². The average Bonchev–Trinajstić information content (AvgIpc) is 3.06. The van der Waals surface area contributed by atoms with Crippen LogP contribution in [0.3, 0.4) is 0 Å². The first-order chi connectivity index (χ1) is 10.5. The van der Waals surface area contributed by atoms with E-state index in [1.165, 1.54) is 19.3 Å². The van der Waals surface area contributed by atoms with Crippen molar-refractivity contribution in [2.75, 3.05) is 13.1 Å². The average molecular weight is 303 g/mol. The largest absolute Gasteiger partial charge is 0.472 e. The maximum atomic E-state index is 5.38. The highest BCUT2D eigenvalue weighted by Gasteiger charge is 2.27. The molecule has 3 rings (SSSR count). The molecule has 1 atom stereocenters. The summed E-state index contributed by atoms with van der Waals surface area (Å²) in [4.78, 5) is 6.89. The Labute approximate surface area is 131 Å². The minimum absolute atomic E-state index is 0.398. The van der Waals surface area contributed by atoms with E-state index >= 15 is 0 Å². The van der Waals surface area contributed by atoms with Gasteiger partial charge in [-0.25, -0.2) is 0 Å². The summed E-state index contributed by atoms with van der Waals surface area (Å²) in [5, 5.41) is 4.03. The number of furan rings is 1. The van der Waals surface area contributed by atoms with Crippen molar-refractivity contribution in [3.05, 3.63) is 24.5 Å². The molecule has 1 aliphatic heterocycles. The fraction of sp³-hybridized carbons (Fsp3) is 0.647. The van der Waals surface area contributed by atoms with Crippen molar-refractivity contribution in [1.29, 1.82) is 0 Å². The third kappa shape index (κ3) is 3.58. The van der Waals surface area contributed by atoms with E-state index in [9.17, 15) is 0 Å². The SMILES string of the molecule is CC(C)(C)C1CCCN(Cc2nc(-c3ccoc3)no2)CC1. The first kappa shape index (κ1) is 15.3. The molecule has 5 heteroatoms. The molecule has 0 N–H and O–H groups in total. The summed E-state index contributed by atoms with van der Waals surface area (Å²) in [5.74, 6) is 2.08. The molecule has 2 aromatic rings. The molecule has 0 radical (unpaired) electrons. The minimum atomic E-state index is 0.398. The lowest BCUT2D eigenvalue weighted by Gasteiger charge is -2.29. The lowest BCUT2D eigenvalue weighted by atomic mass is 9.77. The van der Waals surface area contributed by atoms with Crippen LogP contribution in [-0.2, 0) is 6.54 Å². The van der Waals surface area contributed by atoms with Crippen molar-refractivity contribution in [3.63, 3.8) is 0 Å². The van der Waals surface area contributed by atoms with Crippen molar-refractivity contribution in [1.82, 2.24) is 15.0 Å². The second-order valence-corrected chi connectivity index (χ2v) is 7.29.